The molecule has 6 nitrogen and oxygen atoms in total. The van der Waals surface area contributed by atoms with Crippen molar-refractivity contribution < 1.29 is 14.3 Å². The Bertz CT molecular complexity index is 1120. The molecule has 1 atom stereocenters. The monoisotopic (exact) mass is 513 g/mol. The molecule has 2 N–H and O–H groups in total. The van der Waals surface area contributed by atoms with Gasteiger partial charge in [0.2, 0.25) is 11.8 Å². The van der Waals surface area contributed by atoms with E-state index < -0.39 is 5.92 Å². The second-order valence-corrected chi connectivity index (χ2v) is 8.70. The number of carbonyl (C=O) groups excluding carboxylic acids is 2. The number of nitrogens with one attached hydrogen (secondary N) is 2. The normalized spacial score (nSPS) is 15.5. The number of hydrazine groups is 1. The number of hydrogen-bond donors (Lipinski definition) is 2. The van der Waals surface area contributed by atoms with Crippen molar-refractivity contribution >= 4 is 50.7 Å². The molecule has 1 aliphatic rings. The third kappa shape index (κ3) is 5.23. The van der Waals surface area contributed by atoms with Crippen LogP contribution in [0.4, 0.5) is 11.4 Å². The second-order valence-electron chi connectivity index (χ2n) is 7.37. The molecule has 0 aliphatic carbocycles. The number of para-hydroxylation sites is 2. The lowest BCUT2D eigenvalue weighted by Gasteiger charge is -2.18. The van der Waals surface area contributed by atoms with Crippen molar-refractivity contribution in [2.45, 2.75) is 13.0 Å². The maximum atomic E-state index is 12.7. The fraction of sp³-hybridized carbons (Fsp3) is 0.167. The number of anilines is 2. The van der Waals surface area contributed by atoms with Crippen molar-refractivity contribution in [3.8, 4) is 5.75 Å². The molecule has 0 bridgehead atoms. The van der Waals surface area contributed by atoms with Crippen molar-refractivity contribution in [3.63, 3.8) is 0 Å². The van der Waals surface area contributed by atoms with Gasteiger partial charge in [-0.1, -0.05) is 57.9 Å². The summed E-state index contributed by atoms with van der Waals surface area (Å²) < 4.78 is 6.83. The van der Waals surface area contributed by atoms with E-state index in [0.29, 0.717) is 29.6 Å². The highest BCUT2D eigenvalue weighted by atomic mass is 79.9. The van der Waals surface area contributed by atoms with Crippen LogP contribution in [-0.2, 0) is 16.2 Å². The summed E-state index contributed by atoms with van der Waals surface area (Å²) in [5.74, 6) is -0.198. The summed E-state index contributed by atoms with van der Waals surface area (Å²) in [4.78, 5) is 26.8. The first-order valence-electron chi connectivity index (χ1n) is 10.1. The van der Waals surface area contributed by atoms with Crippen LogP contribution in [0.15, 0.2) is 77.3 Å². The van der Waals surface area contributed by atoms with E-state index >= 15 is 0 Å². The molecule has 8 heteroatoms. The van der Waals surface area contributed by atoms with Gasteiger partial charge in [-0.15, -0.1) is 0 Å². The Morgan fingerprint density at radius 2 is 1.78 bits per heavy atom. The van der Waals surface area contributed by atoms with Gasteiger partial charge in [0.15, 0.2) is 0 Å². The molecule has 0 aromatic heterocycles. The minimum absolute atomic E-state index is 0.0732. The summed E-state index contributed by atoms with van der Waals surface area (Å²) in [6, 6.07) is 22.2. The molecular formula is C24H21BrClN3O3. The maximum Gasteiger partial charge on any atom is 0.243 e. The van der Waals surface area contributed by atoms with Crippen LogP contribution >= 0.6 is 27.5 Å². The lowest BCUT2D eigenvalue weighted by Crippen LogP contribution is -2.36. The van der Waals surface area contributed by atoms with Gasteiger partial charge in [-0.3, -0.25) is 20.4 Å². The molecule has 2 amide bonds. The zero-order chi connectivity index (χ0) is 22.5. The molecule has 0 radical (unpaired) electrons. The minimum atomic E-state index is -0.449. The molecule has 4 rings (SSSR count). The molecule has 3 aromatic carbocycles. The highest BCUT2D eigenvalue weighted by molar-refractivity contribution is 9.10. The molecule has 1 fully saturated rings. The van der Waals surface area contributed by atoms with E-state index in [1.807, 2.05) is 60.7 Å². The Kier molecular flexibility index (Phi) is 6.97. The Balaban J connectivity index is 1.36. The van der Waals surface area contributed by atoms with Gasteiger partial charge in [0, 0.05) is 33.7 Å². The fourth-order valence-electron chi connectivity index (χ4n) is 3.45. The van der Waals surface area contributed by atoms with E-state index in [1.165, 1.54) is 0 Å². The third-order valence-corrected chi connectivity index (χ3v) is 6.08. The van der Waals surface area contributed by atoms with Crippen LogP contribution in [0.2, 0.25) is 5.02 Å². The van der Waals surface area contributed by atoms with Gasteiger partial charge in [-0.05, 0) is 42.5 Å². The van der Waals surface area contributed by atoms with Crippen LogP contribution in [-0.4, -0.2) is 18.4 Å². The van der Waals surface area contributed by atoms with Gasteiger partial charge >= 0.3 is 0 Å². The Morgan fingerprint density at radius 1 is 1.06 bits per heavy atom. The van der Waals surface area contributed by atoms with Crippen LogP contribution in [0.1, 0.15) is 12.0 Å². The number of carbonyl (C=O) groups is 2. The van der Waals surface area contributed by atoms with Crippen molar-refractivity contribution in [2.24, 2.45) is 5.92 Å². The van der Waals surface area contributed by atoms with Gasteiger partial charge in [-0.25, -0.2) is 0 Å². The minimum Gasteiger partial charge on any atom is -0.487 e. The molecule has 1 aliphatic heterocycles. The molecule has 0 spiro atoms. The molecule has 1 heterocycles. The van der Waals surface area contributed by atoms with Gasteiger partial charge in [0.25, 0.3) is 0 Å². The highest BCUT2D eigenvalue weighted by Gasteiger charge is 2.35. The van der Waals surface area contributed by atoms with Gasteiger partial charge in [-0.2, -0.15) is 0 Å². The molecule has 32 heavy (non-hydrogen) atoms. The number of benzene rings is 3. The Hall–Kier alpha value is -3.03. The summed E-state index contributed by atoms with van der Waals surface area (Å²) in [7, 11) is 0. The third-order valence-electron chi connectivity index (χ3n) is 5.18. The number of hydrogen-bond acceptors (Lipinski definition) is 4. The van der Waals surface area contributed by atoms with Gasteiger partial charge < -0.3 is 9.64 Å². The summed E-state index contributed by atoms with van der Waals surface area (Å²) in [5, 5.41) is 0.632. The van der Waals surface area contributed by atoms with Gasteiger partial charge in [0.05, 0.1) is 11.6 Å². The first kappa shape index (κ1) is 22.2. The molecule has 164 valence electrons. The number of halogens is 2. The standard InChI is InChI=1S/C24H21BrClN3O3/c25-18-9-11-19(12-10-18)29-14-17(13-23(29)30)24(31)28-27-21-7-3-4-8-22(21)32-15-16-5-1-2-6-20(16)26/h1-12,17,27H,13-15H2,(H,28,31)/t17-/m0/s1. The predicted molar refractivity (Wildman–Crippen MR) is 129 cm³/mol. The fourth-order valence-corrected chi connectivity index (χ4v) is 3.91. The second kappa shape index (κ2) is 10.1. The summed E-state index contributed by atoms with van der Waals surface area (Å²) >= 11 is 9.58. The van der Waals surface area contributed by atoms with Crippen LogP contribution in [0.3, 0.4) is 0 Å². The topological polar surface area (TPSA) is 70.7 Å². The predicted octanol–water partition coefficient (Wildman–Crippen LogP) is 5.18. The Labute approximate surface area is 199 Å². The van der Waals surface area contributed by atoms with Crippen molar-refractivity contribution in [2.75, 3.05) is 16.9 Å². The SMILES string of the molecule is O=C(NNc1ccccc1OCc1ccccc1Cl)[C@H]1CC(=O)N(c2ccc(Br)cc2)C1. The number of rotatable bonds is 7. The van der Waals surface area contributed by atoms with E-state index in [0.717, 1.165) is 15.7 Å². The van der Waals surface area contributed by atoms with Gasteiger partial charge in [0.1, 0.15) is 12.4 Å². The summed E-state index contributed by atoms with van der Waals surface area (Å²) in [6.07, 6.45) is 0.161. The van der Waals surface area contributed by atoms with E-state index in [-0.39, 0.29) is 18.2 Å². The first-order valence-corrected chi connectivity index (χ1v) is 11.3. The molecular weight excluding hydrogens is 494 g/mol. The lowest BCUT2D eigenvalue weighted by atomic mass is 10.1. The Morgan fingerprint density at radius 3 is 2.56 bits per heavy atom. The van der Waals surface area contributed by atoms with Crippen molar-refractivity contribution in [1.29, 1.82) is 0 Å². The highest BCUT2D eigenvalue weighted by Crippen LogP contribution is 2.28. The molecule has 0 saturated carbocycles. The lowest BCUT2D eigenvalue weighted by molar-refractivity contribution is -0.125. The van der Waals surface area contributed by atoms with Crippen LogP contribution in [0.25, 0.3) is 0 Å². The average Bonchev–Trinajstić information content (AvgIpc) is 3.19. The quantitative estimate of drug-likeness (QED) is 0.426. The van der Waals surface area contributed by atoms with Crippen LogP contribution < -0.4 is 20.5 Å². The van der Waals surface area contributed by atoms with E-state index in [1.54, 1.807) is 17.0 Å². The summed E-state index contributed by atoms with van der Waals surface area (Å²) in [6.45, 7) is 0.629. The zero-order valence-electron chi connectivity index (χ0n) is 17.1. The average molecular weight is 515 g/mol. The van der Waals surface area contributed by atoms with Crippen molar-refractivity contribution in [1.82, 2.24) is 5.43 Å². The zero-order valence-corrected chi connectivity index (χ0v) is 19.4. The maximum absolute atomic E-state index is 12.7. The van der Waals surface area contributed by atoms with E-state index in [4.69, 9.17) is 16.3 Å². The molecule has 1 saturated heterocycles. The van der Waals surface area contributed by atoms with E-state index in [2.05, 4.69) is 26.8 Å². The number of ether oxygens (including phenoxy) is 1. The van der Waals surface area contributed by atoms with Crippen LogP contribution in [0.5, 0.6) is 5.75 Å². The van der Waals surface area contributed by atoms with E-state index in [9.17, 15) is 9.59 Å². The first-order chi connectivity index (χ1) is 15.5. The number of nitrogens with zero attached hydrogens (tertiary/aromatic N) is 1. The van der Waals surface area contributed by atoms with Crippen LogP contribution in [0, 0.1) is 5.92 Å². The largest absolute Gasteiger partial charge is 0.487 e. The molecule has 3 aromatic rings. The number of amides is 2. The smallest absolute Gasteiger partial charge is 0.243 e. The molecule has 0 unspecified atom stereocenters. The van der Waals surface area contributed by atoms with Crippen molar-refractivity contribution in [3.05, 3.63) is 87.9 Å². The summed E-state index contributed by atoms with van der Waals surface area (Å²) in [5.41, 5.74) is 7.89.